The van der Waals surface area contributed by atoms with Crippen LogP contribution < -0.4 is 15.3 Å². The molecule has 0 bridgehead atoms. The highest BCUT2D eigenvalue weighted by Crippen LogP contribution is 2.34. The summed E-state index contributed by atoms with van der Waals surface area (Å²) in [6.07, 6.45) is 2.06. The molecule has 4 heterocycles. The number of halogens is 1. The van der Waals surface area contributed by atoms with Crippen molar-refractivity contribution in [2.24, 2.45) is 5.14 Å². The second-order valence-corrected chi connectivity index (χ2v) is 10.1. The molecule has 0 saturated carbocycles. The van der Waals surface area contributed by atoms with E-state index in [1.54, 1.807) is 32.0 Å². The number of hydrogen-bond donors (Lipinski definition) is 1. The van der Waals surface area contributed by atoms with Crippen molar-refractivity contribution in [1.82, 2.24) is 15.0 Å². The third kappa shape index (κ3) is 4.21. The van der Waals surface area contributed by atoms with E-state index in [1.807, 2.05) is 6.92 Å². The smallest absolute Gasteiger partial charge is 0.259 e. The minimum Gasteiger partial charge on any atom is -0.483 e. The first kappa shape index (κ1) is 23.9. The Morgan fingerprint density at radius 2 is 1.92 bits per heavy atom. The lowest BCUT2D eigenvalue weighted by Gasteiger charge is -2.19. The molecule has 36 heavy (non-hydrogen) atoms. The van der Waals surface area contributed by atoms with Gasteiger partial charge in [-0.1, -0.05) is 11.6 Å². The summed E-state index contributed by atoms with van der Waals surface area (Å²) < 4.78 is 41.5. The van der Waals surface area contributed by atoms with E-state index in [-0.39, 0.29) is 21.9 Å². The van der Waals surface area contributed by atoms with E-state index >= 15 is 0 Å². The second-order valence-electron chi connectivity index (χ2n) is 8.26. The van der Waals surface area contributed by atoms with Gasteiger partial charge in [-0.3, -0.25) is 4.79 Å². The minimum absolute atomic E-state index is 0.0520. The van der Waals surface area contributed by atoms with E-state index in [9.17, 15) is 13.2 Å². The summed E-state index contributed by atoms with van der Waals surface area (Å²) in [5.41, 5.74) is 3.21. The molecular formula is C24H19ClN4O6S. The van der Waals surface area contributed by atoms with Crippen LogP contribution in [-0.2, 0) is 10.0 Å². The largest absolute Gasteiger partial charge is 0.483 e. The zero-order chi connectivity index (χ0) is 25.8. The van der Waals surface area contributed by atoms with Gasteiger partial charge in [-0.15, -0.1) is 0 Å². The quantitative estimate of drug-likeness (QED) is 0.327. The first-order valence-corrected chi connectivity index (χ1v) is 12.6. The minimum atomic E-state index is -4.22. The molecule has 12 heteroatoms. The van der Waals surface area contributed by atoms with E-state index < -0.39 is 21.2 Å². The number of aryl methyl sites for hydroxylation is 1. The van der Waals surface area contributed by atoms with Crippen LogP contribution in [0.3, 0.4) is 0 Å². The fourth-order valence-corrected chi connectivity index (χ4v) is 4.80. The maximum Gasteiger partial charge on any atom is 0.259 e. The summed E-state index contributed by atoms with van der Waals surface area (Å²) in [6, 6.07) is 8.00. The van der Waals surface area contributed by atoms with Crippen LogP contribution in [0.2, 0.25) is 5.15 Å². The molecule has 0 unspecified atom stereocenters. The number of nitrogens with zero attached hydrogens (tertiary/aromatic N) is 3. The summed E-state index contributed by atoms with van der Waals surface area (Å²) >= 11 is 5.86. The van der Waals surface area contributed by atoms with Crippen molar-refractivity contribution in [1.29, 1.82) is 0 Å². The molecule has 2 N–H and O–H groups in total. The van der Waals surface area contributed by atoms with Crippen molar-refractivity contribution < 1.29 is 22.0 Å². The van der Waals surface area contributed by atoms with E-state index in [0.717, 1.165) is 5.56 Å². The maximum atomic E-state index is 13.4. The topological polar surface area (TPSA) is 151 Å². The Balaban J connectivity index is 1.68. The highest BCUT2D eigenvalue weighted by atomic mass is 35.5. The van der Waals surface area contributed by atoms with Crippen LogP contribution in [-0.4, -0.2) is 23.4 Å². The second kappa shape index (κ2) is 8.70. The fraction of sp³-hybridized carbons (Fsp3) is 0.167. The standard InChI is InChI=1S/C24H19ClN4O6S/c1-11-6-15(13(3)34-18-4-5-19(25)29-24(18)36(26,31)32)22-16(7-11)20(30)12(2)21(35-22)14-8-17-23(27-9-14)33-10-28-17/h4-10,13H,1-3H3,(H2,26,31,32)/t13-/m1/s1. The van der Waals surface area contributed by atoms with Gasteiger partial charge in [0.15, 0.2) is 17.6 Å². The number of sulfonamides is 1. The highest BCUT2D eigenvalue weighted by Gasteiger charge is 2.24. The highest BCUT2D eigenvalue weighted by molar-refractivity contribution is 7.89. The van der Waals surface area contributed by atoms with Crippen molar-refractivity contribution >= 4 is 43.8 Å². The molecule has 5 aromatic rings. The molecule has 0 aliphatic rings. The van der Waals surface area contributed by atoms with Gasteiger partial charge < -0.3 is 13.6 Å². The first-order chi connectivity index (χ1) is 17.0. The SMILES string of the molecule is Cc1cc([C@@H](C)Oc2ccc(Cl)nc2S(N)(=O)=O)c2oc(-c3cnc4ocnc4c3)c(C)c(=O)c2c1. The summed E-state index contributed by atoms with van der Waals surface area (Å²) in [4.78, 5) is 25.5. The molecule has 4 aromatic heterocycles. The average Bonchev–Trinajstić information content (AvgIpc) is 3.29. The van der Waals surface area contributed by atoms with Gasteiger partial charge in [0.25, 0.3) is 10.0 Å². The Morgan fingerprint density at radius 3 is 2.67 bits per heavy atom. The molecule has 0 aliphatic heterocycles. The van der Waals surface area contributed by atoms with Crippen LogP contribution >= 0.6 is 11.6 Å². The first-order valence-electron chi connectivity index (χ1n) is 10.7. The number of oxazole rings is 1. The molecule has 0 amide bonds. The van der Waals surface area contributed by atoms with Crippen molar-refractivity contribution in [3.63, 3.8) is 0 Å². The number of nitrogens with two attached hydrogens (primary N) is 1. The summed E-state index contributed by atoms with van der Waals surface area (Å²) in [5, 5.41) is 5.11. The number of rotatable bonds is 5. The molecule has 10 nitrogen and oxygen atoms in total. The molecule has 0 aliphatic carbocycles. The van der Waals surface area contributed by atoms with Crippen molar-refractivity contribution in [3.8, 4) is 17.1 Å². The summed E-state index contributed by atoms with van der Waals surface area (Å²) in [6.45, 7) is 5.20. The Morgan fingerprint density at radius 1 is 1.14 bits per heavy atom. The Bertz CT molecular complexity index is 1830. The third-order valence-electron chi connectivity index (χ3n) is 5.65. The van der Waals surface area contributed by atoms with Gasteiger partial charge in [0.1, 0.15) is 28.1 Å². The molecule has 1 aromatic carbocycles. The molecule has 0 fully saturated rings. The molecule has 0 saturated heterocycles. The van der Waals surface area contributed by atoms with Gasteiger partial charge >= 0.3 is 0 Å². The van der Waals surface area contributed by atoms with E-state index in [2.05, 4.69) is 15.0 Å². The van der Waals surface area contributed by atoms with Crippen LogP contribution in [0.25, 0.3) is 33.5 Å². The van der Waals surface area contributed by atoms with Gasteiger partial charge in [0.05, 0.1) is 5.39 Å². The predicted molar refractivity (Wildman–Crippen MR) is 132 cm³/mol. The van der Waals surface area contributed by atoms with Gasteiger partial charge in [-0.25, -0.2) is 28.5 Å². The zero-order valence-electron chi connectivity index (χ0n) is 19.3. The molecule has 1 atom stereocenters. The van der Waals surface area contributed by atoms with Crippen LogP contribution in [0.4, 0.5) is 0 Å². The monoisotopic (exact) mass is 526 g/mol. The summed E-state index contributed by atoms with van der Waals surface area (Å²) in [5.74, 6) is 0.236. The van der Waals surface area contributed by atoms with Crippen molar-refractivity contribution in [2.45, 2.75) is 31.9 Å². The number of aromatic nitrogens is 3. The molecule has 0 radical (unpaired) electrons. The van der Waals surface area contributed by atoms with Crippen LogP contribution in [0.15, 0.2) is 61.6 Å². The Hall–Kier alpha value is -3.80. The van der Waals surface area contributed by atoms with E-state index in [4.69, 9.17) is 30.3 Å². The predicted octanol–water partition coefficient (Wildman–Crippen LogP) is 4.45. The number of fused-ring (bicyclic) bond motifs is 2. The Labute approximate surface area is 209 Å². The van der Waals surface area contributed by atoms with Crippen LogP contribution in [0, 0.1) is 13.8 Å². The average molecular weight is 527 g/mol. The lowest BCUT2D eigenvalue weighted by molar-refractivity contribution is 0.219. The Kier molecular flexibility index (Phi) is 5.78. The van der Waals surface area contributed by atoms with Crippen LogP contribution in [0.1, 0.15) is 29.7 Å². The number of hydrogen-bond acceptors (Lipinski definition) is 9. The lowest BCUT2D eigenvalue weighted by atomic mass is 10.0. The number of pyridine rings is 2. The fourth-order valence-electron chi connectivity index (χ4n) is 3.98. The number of benzene rings is 1. The van der Waals surface area contributed by atoms with Gasteiger partial charge in [0, 0.05) is 22.9 Å². The van der Waals surface area contributed by atoms with Gasteiger partial charge in [-0.05, 0) is 56.7 Å². The normalized spacial score (nSPS) is 12.8. The molecule has 184 valence electrons. The molecule has 0 spiro atoms. The number of primary sulfonamides is 1. The van der Waals surface area contributed by atoms with Crippen molar-refractivity contribution in [2.75, 3.05) is 0 Å². The van der Waals surface area contributed by atoms with E-state index in [0.29, 0.717) is 39.1 Å². The summed E-state index contributed by atoms with van der Waals surface area (Å²) in [7, 11) is -4.22. The molecule has 5 rings (SSSR count). The third-order valence-corrected chi connectivity index (χ3v) is 6.69. The number of ether oxygens (including phenoxy) is 1. The maximum absolute atomic E-state index is 13.4. The zero-order valence-corrected chi connectivity index (χ0v) is 20.8. The van der Waals surface area contributed by atoms with Crippen molar-refractivity contribution in [3.05, 3.63) is 75.0 Å². The van der Waals surface area contributed by atoms with Gasteiger partial charge in [0.2, 0.25) is 10.7 Å². The van der Waals surface area contributed by atoms with Gasteiger partial charge in [-0.2, -0.15) is 0 Å². The molecular weight excluding hydrogens is 508 g/mol. The van der Waals surface area contributed by atoms with E-state index in [1.165, 1.54) is 24.7 Å². The van der Waals surface area contributed by atoms with Crippen LogP contribution in [0.5, 0.6) is 5.75 Å². The lowest BCUT2D eigenvalue weighted by Crippen LogP contribution is -2.17.